The van der Waals surface area contributed by atoms with Crippen molar-refractivity contribution in [3.8, 4) is 0 Å². The molecule has 7 heteroatoms. The number of rotatable bonds is 3. The quantitative estimate of drug-likeness (QED) is 0.724. The molecule has 0 aromatic carbocycles. The molecule has 1 saturated heterocycles. The van der Waals surface area contributed by atoms with Gasteiger partial charge in [0.2, 0.25) is 0 Å². The van der Waals surface area contributed by atoms with E-state index in [2.05, 4.69) is 20.0 Å². The fourth-order valence-electron chi connectivity index (χ4n) is 3.43. The Morgan fingerprint density at radius 3 is 2.62 bits per heavy atom. The molecular weight excluding hydrogens is 328 g/mol. The number of imidazole rings is 1. The van der Waals surface area contributed by atoms with Gasteiger partial charge >= 0.3 is 0 Å². The topological polar surface area (TPSA) is 66.6 Å². The van der Waals surface area contributed by atoms with Crippen molar-refractivity contribution in [2.24, 2.45) is 0 Å². The number of carbonyl (C=O) groups is 1. The molecule has 1 aliphatic heterocycles. The van der Waals surface area contributed by atoms with E-state index in [0.717, 1.165) is 30.2 Å². The number of aromatic nitrogens is 4. The molecule has 26 heavy (non-hydrogen) atoms. The van der Waals surface area contributed by atoms with Crippen molar-refractivity contribution >= 4 is 17.4 Å². The number of hydrogen-bond acceptors (Lipinski definition) is 5. The average molecular weight is 348 g/mol. The van der Waals surface area contributed by atoms with Gasteiger partial charge in [-0.2, -0.15) is 5.10 Å². The van der Waals surface area contributed by atoms with Crippen LogP contribution in [0, 0.1) is 0 Å². The molecule has 0 atom stereocenters. The highest BCUT2D eigenvalue weighted by molar-refractivity contribution is 5.92. The Balaban J connectivity index is 1.30. The average Bonchev–Trinajstić information content (AvgIpc) is 3.47. The van der Waals surface area contributed by atoms with Gasteiger partial charge in [-0.05, 0) is 37.1 Å². The molecule has 5 rings (SSSR count). The van der Waals surface area contributed by atoms with E-state index in [1.165, 1.54) is 12.8 Å². The lowest BCUT2D eigenvalue weighted by molar-refractivity contribution is 0.0739. The molecule has 1 saturated carbocycles. The van der Waals surface area contributed by atoms with Crippen LogP contribution in [0.2, 0.25) is 0 Å². The number of nitrogens with zero attached hydrogens (tertiary/aromatic N) is 6. The van der Waals surface area contributed by atoms with Crippen molar-refractivity contribution in [2.45, 2.75) is 18.8 Å². The van der Waals surface area contributed by atoms with Crippen LogP contribution in [-0.2, 0) is 0 Å². The first kappa shape index (κ1) is 15.3. The van der Waals surface area contributed by atoms with E-state index in [1.807, 2.05) is 35.4 Å². The second kappa shape index (κ2) is 6.09. The molecular formula is C19H20N6O. The predicted octanol–water partition coefficient (Wildman–Crippen LogP) is 1.96. The van der Waals surface area contributed by atoms with Crippen LogP contribution < -0.4 is 4.90 Å². The maximum absolute atomic E-state index is 12.8. The molecule has 0 N–H and O–H groups in total. The molecule has 2 aliphatic rings. The van der Waals surface area contributed by atoms with Gasteiger partial charge in [-0.1, -0.05) is 6.07 Å². The van der Waals surface area contributed by atoms with Gasteiger partial charge in [0.15, 0.2) is 5.65 Å². The second-order valence-electron chi connectivity index (χ2n) is 6.93. The molecule has 132 valence electrons. The summed E-state index contributed by atoms with van der Waals surface area (Å²) in [5.74, 6) is 1.52. The molecule has 4 heterocycles. The molecule has 0 spiro atoms. The van der Waals surface area contributed by atoms with Gasteiger partial charge in [-0.3, -0.25) is 4.79 Å². The third kappa shape index (κ3) is 2.79. The van der Waals surface area contributed by atoms with Gasteiger partial charge in [-0.15, -0.1) is 0 Å². The zero-order chi connectivity index (χ0) is 17.5. The van der Waals surface area contributed by atoms with Crippen LogP contribution in [0.1, 0.15) is 34.9 Å². The molecule has 7 nitrogen and oxygen atoms in total. The van der Waals surface area contributed by atoms with Crippen molar-refractivity contribution in [1.29, 1.82) is 0 Å². The van der Waals surface area contributed by atoms with Gasteiger partial charge in [0.05, 0.1) is 11.9 Å². The SMILES string of the molecule is O=C(c1ccc2nc(C3CC3)cn2n1)N1CCN(c2ccccn2)CC1. The summed E-state index contributed by atoms with van der Waals surface area (Å²) in [6.45, 7) is 2.91. The number of piperazine rings is 1. The second-order valence-corrected chi connectivity index (χ2v) is 6.93. The molecule has 0 unspecified atom stereocenters. The number of anilines is 1. The third-order valence-corrected chi connectivity index (χ3v) is 5.09. The van der Waals surface area contributed by atoms with Gasteiger partial charge in [-0.25, -0.2) is 14.5 Å². The smallest absolute Gasteiger partial charge is 0.274 e. The van der Waals surface area contributed by atoms with Crippen LogP contribution in [0.25, 0.3) is 5.65 Å². The zero-order valence-electron chi connectivity index (χ0n) is 14.5. The predicted molar refractivity (Wildman–Crippen MR) is 97.3 cm³/mol. The van der Waals surface area contributed by atoms with Gasteiger partial charge in [0.1, 0.15) is 11.5 Å². The lowest BCUT2D eigenvalue weighted by Gasteiger charge is -2.35. The zero-order valence-corrected chi connectivity index (χ0v) is 14.5. The summed E-state index contributed by atoms with van der Waals surface area (Å²) in [4.78, 5) is 25.9. The first-order valence-electron chi connectivity index (χ1n) is 9.09. The Morgan fingerprint density at radius 1 is 1.04 bits per heavy atom. The van der Waals surface area contributed by atoms with E-state index in [4.69, 9.17) is 0 Å². The monoisotopic (exact) mass is 348 g/mol. The van der Waals surface area contributed by atoms with E-state index in [1.54, 1.807) is 16.8 Å². The number of pyridine rings is 1. The van der Waals surface area contributed by atoms with Gasteiger partial charge < -0.3 is 9.80 Å². The van der Waals surface area contributed by atoms with E-state index < -0.39 is 0 Å². The minimum Gasteiger partial charge on any atom is -0.353 e. The fraction of sp³-hybridized carbons (Fsp3) is 0.368. The molecule has 3 aromatic heterocycles. The third-order valence-electron chi connectivity index (χ3n) is 5.09. The van der Waals surface area contributed by atoms with Crippen LogP contribution in [0.5, 0.6) is 0 Å². The van der Waals surface area contributed by atoms with Crippen LogP contribution in [0.3, 0.4) is 0 Å². The largest absolute Gasteiger partial charge is 0.353 e. The minimum atomic E-state index is -0.0192. The summed E-state index contributed by atoms with van der Waals surface area (Å²) in [6, 6.07) is 9.57. The lowest BCUT2D eigenvalue weighted by atomic mass is 10.2. The van der Waals surface area contributed by atoms with E-state index in [-0.39, 0.29) is 5.91 Å². The number of fused-ring (bicyclic) bond motifs is 1. The summed E-state index contributed by atoms with van der Waals surface area (Å²) in [5, 5.41) is 4.50. The Bertz CT molecular complexity index is 941. The maximum Gasteiger partial charge on any atom is 0.274 e. The van der Waals surface area contributed by atoms with E-state index in [0.29, 0.717) is 24.7 Å². The molecule has 1 aliphatic carbocycles. The Hall–Kier alpha value is -2.96. The number of amides is 1. The first-order chi connectivity index (χ1) is 12.8. The van der Waals surface area contributed by atoms with Crippen LogP contribution in [0.4, 0.5) is 5.82 Å². The Morgan fingerprint density at radius 2 is 1.88 bits per heavy atom. The highest BCUT2D eigenvalue weighted by Gasteiger charge is 2.27. The minimum absolute atomic E-state index is 0.0192. The summed E-state index contributed by atoms with van der Waals surface area (Å²) < 4.78 is 1.74. The lowest BCUT2D eigenvalue weighted by Crippen LogP contribution is -2.49. The molecule has 1 amide bonds. The highest BCUT2D eigenvalue weighted by atomic mass is 16.2. The summed E-state index contributed by atoms with van der Waals surface area (Å²) in [7, 11) is 0. The van der Waals surface area contributed by atoms with Gasteiger partial charge in [0, 0.05) is 38.3 Å². The van der Waals surface area contributed by atoms with E-state index >= 15 is 0 Å². The van der Waals surface area contributed by atoms with Crippen molar-refractivity contribution in [3.63, 3.8) is 0 Å². The van der Waals surface area contributed by atoms with Crippen molar-refractivity contribution in [3.05, 3.63) is 54.1 Å². The fourth-order valence-corrected chi connectivity index (χ4v) is 3.43. The van der Waals surface area contributed by atoms with Crippen molar-refractivity contribution in [1.82, 2.24) is 24.5 Å². The standard InChI is InChI=1S/C19H20N6O/c26-19(24-11-9-23(10-12-24)17-3-1-2-8-20-17)15-6-7-18-21-16(14-4-5-14)13-25(18)22-15/h1-3,6-8,13-14H,4-5,9-12H2. The maximum atomic E-state index is 12.8. The Labute approximate surface area is 151 Å². The number of hydrogen-bond donors (Lipinski definition) is 0. The molecule has 2 fully saturated rings. The summed E-state index contributed by atoms with van der Waals surface area (Å²) in [5.41, 5.74) is 2.37. The van der Waals surface area contributed by atoms with Crippen molar-refractivity contribution < 1.29 is 4.79 Å². The summed E-state index contributed by atoms with van der Waals surface area (Å²) >= 11 is 0. The number of carbonyl (C=O) groups excluding carboxylic acids is 1. The molecule has 3 aromatic rings. The molecule has 0 radical (unpaired) electrons. The van der Waals surface area contributed by atoms with Crippen LogP contribution in [-0.4, -0.2) is 56.6 Å². The molecule has 0 bridgehead atoms. The van der Waals surface area contributed by atoms with Crippen LogP contribution >= 0.6 is 0 Å². The normalized spacial score (nSPS) is 17.7. The Kier molecular flexibility index (Phi) is 3.58. The van der Waals surface area contributed by atoms with Gasteiger partial charge in [0.25, 0.3) is 5.91 Å². The van der Waals surface area contributed by atoms with Crippen LogP contribution in [0.15, 0.2) is 42.7 Å². The van der Waals surface area contributed by atoms with E-state index in [9.17, 15) is 4.79 Å². The van der Waals surface area contributed by atoms with Crippen molar-refractivity contribution in [2.75, 3.05) is 31.1 Å². The first-order valence-corrected chi connectivity index (χ1v) is 9.09. The summed E-state index contributed by atoms with van der Waals surface area (Å²) in [6.07, 6.45) is 6.17. The highest BCUT2D eigenvalue weighted by Crippen LogP contribution is 2.39.